The van der Waals surface area contributed by atoms with Crippen LogP contribution in [0.1, 0.15) is 11.1 Å². The number of ether oxygens (including phenoxy) is 2. The Morgan fingerprint density at radius 2 is 1.38 bits per heavy atom. The molecule has 180 valence electrons. The van der Waals surface area contributed by atoms with E-state index >= 15 is 0 Å². The van der Waals surface area contributed by atoms with Crippen LogP contribution in [-0.2, 0) is 17.8 Å². The zero-order valence-corrected chi connectivity index (χ0v) is 20.5. The highest BCUT2D eigenvalue weighted by Gasteiger charge is 2.20. The Hall–Kier alpha value is -3.09. The molecule has 0 unspecified atom stereocenters. The molecular weight excluding hydrogens is 426 g/mol. The summed E-state index contributed by atoms with van der Waals surface area (Å²) < 4.78 is 10.5. The minimum absolute atomic E-state index is 0.168. The van der Waals surface area contributed by atoms with E-state index < -0.39 is 0 Å². The summed E-state index contributed by atoms with van der Waals surface area (Å²) >= 11 is 0. The predicted octanol–water partition coefficient (Wildman–Crippen LogP) is 3.68. The number of carbonyl (C=O) groups is 1. The van der Waals surface area contributed by atoms with E-state index in [1.807, 2.05) is 36.2 Å². The Kier molecular flexibility index (Phi) is 8.03. The number of amides is 1. The summed E-state index contributed by atoms with van der Waals surface area (Å²) in [6, 6.07) is 20.7. The quantitative estimate of drug-likeness (QED) is 0.487. The maximum Gasteiger partial charge on any atom is 0.236 e. The van der Waals surface area contributed by atoms with Crippen LogP contribution in [0.3, 0.4) is 0 Å². The molecule has 34 heavy (non-hydrogen) atoms. The zero-order valence-electron chi connectivity index (χ0n) is 20.5. The van der Waals surface area contributed by atoms with E-state index in [0.717, 1.165) is 67.0 Å². The molecule has 6 nitrogen and oxygen atoms in total. The lowest BCUT2D eigenvalue weighted by Crippen LogP contribution is -2.49. The van der Waals surface area contributed by atoms with Gasteiger partial charge in [0.2, 0.25) is 5.91 Å². The van der Waals surface area contributed by atoms with Gasteiger partial charge in [-0.15, -0.1) is 0 Å². The summed E-state index contributed by atoms with van der Waals surface area (Å²) in [5, 5.41) is 2.30. The summed E-state index contributed by atoms with van der Waals surface area (Å²) in [5.41, 5.74) is 2.46. The number of rotatable bonds is 9. The molecule has 3 aromatic rings. The molecule has 1 fully saturated rings. The summed E-state index contributed by atoms with van der Waals surface area (Å²) in [6.45, 7) is 6.00. The van der Waals surface area contributed by atoms with Crippen LogP contribution in [0.25, 0.3) is 10.8 Å². The maximum atomic E-state index is 12.9. The van der Waals surface area contributed by atoms with Gasteiger partial charge in [-0.2, -0.15) is 0 Å². The molecule has 1 amide bonds. The zero-order chi connectivity index (χ0) is 23.9. The van der Waals surface area contributed by atoms with E-state index in [2.05, 4.69) is 46.2 Å². The van der Waals surface area contributed by atoms with Crippen molar-refractivity contribution in [2.24, 2.45) is 0 Å². The molecule has 1 aliphatic heterocycles. The van der Waals surface area contributed by atoms with Gasteiger partial charge in [-0.25, -0.2) is 0 Å². The van der Waals surface area contributed by atoms with E-state index in [-0.39, 0.29) is 5.91 Å². The largest absolute Gasteiger partial charge is 0.497 e. The molecule has 0 saturated carbocycles. The lowest BCUT2D eigenvalue weighted by atomic mass is 10.1. The fourth-order valence-corrected chi connectivity index (χ4v) is 4.42. The summed E-state index contributed by atoms with van der Waals surface area (Å²) in [5.74, 6) is 1.92. The topological polar surface area (TPSA) is 45.2 Å². The second kappa shape index (κ2) is 11.4. The van der Waals surface area contributed by atoms with E-state index in [0.29, 0.717) is 13.1 Å². The highest BCUT2D eigenvalue weighted by atomic mass is 16.5. The van der Waals surface area contributed by atoms with Crippen molar-refractivity contribution >= 4 is 16.7 Å². The molecule has 6 heteroatoms. The Morgan fingerprint density at radius 1 is 0.794 bits per heavy atom. The van der Waals surface area contributed by atoms with Crippen LogP contribution in [0.2, 0.25) is 0 Å². The number of piperazine rings is 1. The van der Waals surface area contributed by atoms with Gasteiger partial charge in [-0.1, -0.05) is 30.3 Å². The van der Waals surface area contributed by atoms with Crippen molar-refractivity contribution in [2.75, 3.05) is 60.5 Å². The fourth-order valence-electron chi connectivity index (χ4n) is 4.42. The highest BCUT2D eigenvalue weighted by Crippen LogP contribution is 2.22. The van der Waals surface area contributed by atoms with Gasteiger partial charge in [0.15, 0.2) is 0 Å². The monoisotopic (exact) mass is 461 g/mol. The predicted molar refractivity (Wildman–Crippen MR) is 137 cm³/mol. The fraction of sp³-hybridized carbons (Fsp3) is 0.393. The van der Waals surface area contributed by atoms with Crippen LogP contribution in [0, 0.1) is 0 Å². The van der Waals surface area contributed by atoms with E-state index in [1.165, 1.54) is 5.56 Å². The van der Waals surface area contributed by atoms with E-state index in [9.17, 15) is 4.79 Å². The third-order valence-corrected chi connectivity index (χ3v) is 6.66. The summed E-state index contributed by atoms with van der Waals surface area (Å²) in [6.07, 6.45) is 1.03. The van der Waals surface area contributed by atoms with Gasteiger partial charge in [-0.05, 0) is 58.7 Å². The number of nitrogens with zero attached hydrogens (tertiary/aromatic N) is 3. The lowest BCUT2D eigenvalue weighted by Gasteiger charge is -2.35. The summed E-state index contributed by atoms with van der Waals surface area (Å²) in [7, 11) is 5.27. The van der Waals surface area contributed by atoms with Crippen LogP contribution in [0.15, 0.2) is 60.7 Å². The third kappa shape index (κ3) is 6.27. The standard InChI is InChI=1S/C28H35N3O3/c1-29(20-23-4-7-25-19-27(34-3)11-8-24(25)18-23)28(32)21-31-16-14-30(15-17-31)13-12-22-5-9-26(33-2)10-6-22/h4-11,18-19H,12-17,20-21H2,1-3H3. The highest BCUT2D eigenvalue weighted by molar-refractivity contribution is 5.84. The van der Waals surface area contributed by atoms with Crippen LogP contribution in [0.4, 0.5) is 0 Å². The van der Waals surface area contributed by atoms with Crippen LogP contribution in [0.5, 0.6) is 11.5 Å². The van der Waals surface area contributed by atoms with Crippen LogP contribution < -0.4 is 9.47 Å². The Balaban J connectivity index is 1.21. The Morgan fingerprint density at radius 3 is 2.09 bits per heavy atom. The van der Waals surface area contributed by atoms with Crippen molar-refractivity contribution in [2.45, 2.75) is 13.0 Å². The molecule has 1 saturated heterocycles. The molecule has 0 atom stereocenters. The molecule has 0 aliphatic carbocycles. The number of fused-ring (bicyclic) bond motifs is 1. The van der Waals surface area contributed by atoms with Gasteiger partial charge in [0.1, 0.15) is 11.5 Å². The number of likely N-dealkylation sites (N-methyl/N-ethyl adjacent to an activating group) is 1. The van der Waals surface area contributed by atoms with Crippen molar-refractivity contribution in [1.82, 2.24) is 14.7 Å². The number of hydrogen-bond donors (Lipinski definition) is 0. The van der Waals surface area contributed by atoms with Crippen LogP contribution >= 0.6 is 0 Å². The minimum Gasteiger partial charge on any atom is -0.497 e. The van der Waals surface area contributed by atoms with Crippen molar-refractivity contribution in [3.8, 4) is 11.5 Å². The normalized spacial score (nSPS) is 14.8. The van der Waals surface area contributed by atoms with E-state index in [4.69, 9.17) is 9.47 Å². The average molecular weight is 462 g/mol. The first-order chi connectivity index (χ1) is 16.5. The molecule has 0 N–H and O–H groups in total. The van der Waals surface area contributed by atoms with Crippen molar-refractivity contribution in [1.29, 1.82) is 0 Å². The molecule has 1 heterocycles. The second-order valence-corrected chi connectivity index (χ2v) is 9.01. The minimum atomic E-state index is 0.168. The molecule has 0 spiro atoms. The number of hydrogen-bond acceptors (Lipinski definition) is 5. The molecule has 0 radical (unpaired) electrons. The van der Waals surface area contributed by atoms with Crippen LogP contribution in [-0.4, -0.2) is 81.1 Å². The van der Waals surface area contributed by atoms with E-state index in [1.54, 1.807) is 14.2 Å². The molecule has 3 aromatic carbocycles. The number of carbonyl (C=O) groups excluding carboxylic acids is 1. The van der Waals surface area contributed by atoms with Gasteiger partial charge in [0, 0.05) is 46.3 Å². The Labute approximate surface area is 202 Å². The molecule has 4 rings (SSSR count). The third-order valence-electron chi connectivity index (χ3n) is 6.66. The molecule has 1 aliphatic rings. The van der Waals surface area contributed by atoms with Gasteiger partial charge >= 0.3 is 0 Å². The first kappa shape index (κ1) is 24.0. The smallest absolute Gasteiger partial charge is 0.236 e. The van der Waals surface area contributed by atoms with Crippen molar-refractivity contribution in [3.63, 3.8) is 0 Å². The number of benzene rings is 3. The second-order valence-electron chi connectivity index (χ2n) is 9.01. The van der Waals surface area contributed by atoms with Gasteiger partial charge in [0.05, 0.1) is 20.8 Å². The molecule has 0 aromatic heterocycles. The van der Waals surface area contributed by atoms with Gasteiger partial charge < -0.3 is 19.3 Å². The first-order valence-corrected chi connectivity index (χ1v) is 11.9. The van der Waals surface area contributed by atoms with Crippen molar-refractivity contribution in [3.05, 3.63) is 71.8 Å². The average Bonchev–Trinajstić information content (AvgIpc) is 2.88. The summed E-state index contributed by atoms with van der Waals surface area (Å²) in [4.78, 5) is 19.4. The number of methoxy groups -OCH3 is 2. The van der Waals surface area contributed by atoms with Gasteiger partial charge in [0.25, 0.3) is 0 Å². The first-order valence-electron chi connectivity index (χ1n) is 11.9. The van der Waals surface area contributed by atoms with Crippen molar-refractivity contribution < 1.29 is 14.3 Å². The Bertz CT molecular complexity index is 1090. The molecular formula is C28H35N3O3. The molecule has 0 bridgehead atoms. The lowest BCUT2D eigenvalue weighted by molar-refractivity contribution is -0.132. The van der Waals surface area contributed by atoms with Gasteiger partial charge in [-0.3, -0.25) is 9.69 Å². The maximum absolute atomic E-state index is 12.9. The SMILES string of the molecule is COc1ccc(CCN2CCN(CC(=O)N(C)Cc3ccc4cc(OC)ccc4c3)CC2)cc1.